The van der Waals surface area contributed by atoms with Crippen molar-refractivity contribution in [2.75, 3.05) is 6.54 Å². The molecule has 7 heteroatoms. The van der Waals surface area contributed by atoms with Gasteiger partial charge in [-0.2, -0.15) is 13.2 Å². The summed E-state index contributed by atoms with van der Waals surface area (Å²) >= 11 is 0. The van der Waals surface area contributed by atoms with Crippen molar-refractivity contribution in [1.82, 2.24) is 10.2 Å². The highest BCUT2D eigenvalue weighted by Gasteiger charge is 2.44. The molecule has 0 aromatic carbocycles. The Morgan fingerprint density at radius 3 is 2.24 bits per heavy atom. The quantitative estimate of drug-likeness (QED) is 0.869. The van der Waals surface area contributed by atoms with E-state index in [1.54, 1.807) is 4.90 Å². The zero-order valence-corrected chi connectivity index (χ0v) is 12.1. The standard InChI is InChI=1S/C14H21F3N2O2/c1-9-5-4-8-19(9)12(20)11(10-6-2-3-7-10)18-13(21)14(15,16)17/h9-11H,2-8H2,1H3,(H,18,21)/t9-,11+/m1/s1. The first-order chi connectivity index (χ1) is 9.80. The van der Waals surface area contributed by atoms with Gasteiger partial charge >= 0.3 is 12.1 Å². The third-order valence-corrected chi connectivity index (χ3v) is 4.52. The molecule has 0 radical (unpaired) electrons. The van der Waals surface area contributed by atoms with E-state index < -0.39 is 18.1 Å². The molecule has 2 atom stereocenters. The molecule has 0 aromatic rings. The Morgan fingerprint density at radius 1 is 1.14 bits per heavy atom. The van der Waals surface area contributed by atoms with E-state index in [2.05, 4.69) is 0 Å². The highest BCUT2D eigenvalue weighted by molar-refractivity contribution is 5.90. The molecule has 2 amide bonds. The highest BCUT2D eigenvalue weighted by Crippen LogP contribution is 2.30. The fourth-order valence-electron chi connectivity index (χ4n) is 3.33. The van der Waals surface area contributed by atoms with Crippen molar-refractivity contribution in [1.29, 1.82) is 0 Å². The average molecular weight is 306 g/mol. The van der Waals surface area contributed by atoms with E-state index in [0.29, 0.717) is 19.4 Å². The molecule has 2 aliphatic rings. The van der Waals surface area contributed by atoms with Crippen LogP contribution in [0.3, 0.4) is 0 Å². The summed E-state index contributed by atoms with van der Waals surface area (Å²) in [4.78, 5) is 25.4. The number of carbonyl (C=O) groups excluding carboxylic acids is 2. The van der Waals surface area contributed by atoms with E-state index in [9.17, 15) is 22.8 Å². The van der Waals surface area contributed by atoms with Crippen LogP contribution in [-0.4, -0.2) is 41.5 Å². The Morgan fingerprint density at radius 2 is 1.76 bits per heavy atom. The lowest BCUT2D eigenvalue weighted by Crippen LogP contribution is -2.55. The van der Waals surface area contributed by atoms with Gasteiger partial charge in [-0.15, -0.1) is 0 Å². The minimum atomic E-state index is -4.95. The van der Waals surface area contributed by atoms with Crippen LogP contribution >= 0.6 is 0 Å². The molecule has 21 heavy (non-hydrogen) atoms. The normalized spacial score (nSPS) is 25.1. The third kappa shape index (κ3) is 3.68. The molecule has 1 N–H and O–H groups in total. The fraction of sp³-hybridized carbons (Fsp3) is 0.857. The molecule has 4 nitrogen and oxygen atoms in total. The van der Waals surface area contributed by atoms with Crippen molar-refractivity contribution >= 4 is 11.8 Å². The molecule has 1 heterocycles. The zero-order chi connectivity index (χ0) is 15.6. The maximum absolute atomic E-state index is 12.5. The van der Waals surface area contributed by atoms with Gasteiger partial charge in [-0.1, -0.05) is 12.8 Å². The molecule has 120 valence electrons. The van der Waals surface area contributed by atoms with Gasteiger partial charge in [-0.05, 0) is 38.5 Å². The summed E-state index contributed by atoms with van der Waals surface area (Å²) in [6, 6.07) is -1.01. The highest BCUT2D eigenvalue weighted by atomic mass is 19.4. The second kappa shape index (κ2) is 6.23. The van der Waals surface area contributed by atoms with Crippen LogP contribution in [0.5, 0.6) is 0 Å². The van der Waals surface area contributed by atoms with Crippen molar-refractivity contribution in [2.24, 2.45) is 5.92 Å². The van der Waals surface area contributed by atoms with Gasteiger partial charge in [0.05, 0.1) is 0 Å². The summed E-state index contributed by atoms with van der Waals surface area (Å²) in [6.45, 7) is 2.45. The van der Waals surface area contributed by atoms with E-state index >= 15 is 0 Å². The predicted molar refractivity (Wildman–Crippen MR) is 70.4 cm³/mol. The lowest BCUT2D eigenvalue weighted by molar-refractivity contribution is -0.175. The lowest BCUT2D eigenvalue weighted by Gasteiger charge is -2.31. The van der Waals surface area contributed by atoms with E-state index in [0.717, 1.165) is 25.7 Å². The third-order valence-electron chi connectivity index (χ3n) is 4.52. The summed E-state index contributed by atoms with van der Waals surface area (Å²) < 4.78 is 37.4. The Labute approximate surface area is 122 Å². The van der Waals surface area contributed by atoms with Gasteiger partial charge in [0, 0.05) is 12.6 Å². The second-order valence-corrected chi connectivity index (χ2v) is 6.02. The Bertz CT molecular complexity index is 406. The van der Waals surface area contributed by atoms with Crippen molar-refractivity contribution in [3.63, 3.8) is 0 Å². The van der Waals surface area contributed by atoms with Crippen LogP contribution in [0.2, 0.25) is 0 Å². The number of hydrogen-bond acceptors (Lipinski definition) is 2. The topological polar surface area (TPSA) is 49.4 Å². The van der Waals surface area contributed by atoms with Crippen LogP contribution < -0.4 is 5.32 Å². The largest absolute Gasteiger partial charge is 0.471 e. The van der Waals surface area contributed by atoms with Crippen molar-refractivity contribution < 1.29 is 22.8 Å². The minimum Gasteiger partial charge on any atom is -0.338 e. The molecule has 1 aliphatic heterocycles. The summed E-state index contributed by atoms with van der Waals surface area (Å²) in [5, 5.41) is 1.94. The number of likely N-dealkylation sites (tertiary alicyclic amines) is 1. The van der Waals surface area contributed by atoms with Crippen LogP contribution in [0, 0.1) is 5.92 Å². The van der Waals surface area contributed by atoms with Crippen LogP contribution in [0.15, 0.2) is 0 Å². The number of hydrogen-bond donors (Lipinski definition) is 1. The van der Waals surface area contributed by atoms with Crippen LogP contribution in [0.1, 0.15) is 45.4 Å². The number of amides is 2. The lowest BCUT2D eigenvalue weighted by atomic mass is 9.96. The fourth-order valence-corrected chi connectivity index (χ4v) is 3.33. The zero-order valence-electron chi connectivity index (χ0n) is 12.1. The molecular weight excluding hydrogens is 285 g/mol. The molecule has 0 bridgehead atoms. The number of halogens is 3. The summed E-state index contributed by atoms with van der Waals surface area (Å²) in [7, 11) is 0. The summed E-state index contributed by atoms with van der Waals surface area (Å²) in [5.41, 5.74) is 0. The molecule has 0 aromatic heterocycles. The Hall–Kier alpha value is -1.27. The Kier molecular flexibility index (Phi) is 4.78. The smallest absolute Gasteiger partial charge is 0.338 e. The van der Waals surface area contributed by atoms with Gasteiger partial charge < -0.3 is 10.2 Å². The number of rotatable bonds is 3. The van der Waals surface area contributed by atoms with E-state index in [1.165, 1.54) is 0 Å². The van der Waals surface area contributed by atoms with E-state index in [4.69, 9.17) is 0 Å². The number of nitrogens with one attached hydrogen (secondary N) is 1. The molecule has 2 rings (SSSR count). The van der Waals surface area contributed by atoms with E-state index in [1.807, 2.05) is 12.2 Å². The minimum absolute atomic E-state index is 0.0317. The first-order valence-electron chi connectivity index (χ1n) is 7.49. The van der Waals surface area contributed by atoms with Crippen molar-refractivity contribution in [3.8, 4) is 0 Å². The molecular formula is C14H21F3N2O2. The van der Waals surface area contributed by atoms with Gasteiger partial charge in [-0.3, -0.25) is 9.59 Å². The predicted octanol–water partition coefficient (Wildman–Crippen LogP) is 2.23. The van der Waals surface area contributed by atoms with Crippen LogP contribution in [0.25, 0.3) is 0 Å². The first kappa shape index (κ1) is 16.1. The van der Waals surface area contributed by atoms with Gasteiger partial charge in [0.1, 0.15) is 6.04 Å². The maximum atomic E-state index is 12.5. The SMILES string of the molecule is C[C@@H]1CCCN1C(=O)[C@@H](NC(=O)C(F)(F)F)C1CCCC1. The Balaban J connectivity index is 2.11. The molecule has 0 spiro atoms. The second-order valence-electron chi connectivity index (χ2n) is 6.02. The number of nitrogens with zero attached hydrogens (tertiary/aromatic N) is 1. The van der Waals surface area contributed by atoms with Gasteiger partial charge in [-0.25, -0.2) is 0 Å². The first-order valence-corrected chi connectivity index (χ1v) is 7.49. The van der Waals surface area contributed by atoms with Gasteiger partial charge in [0.25, 0.3) is 0 Å². The molecule has 0 unspecified atom stereocenters. The average Bonchev–Trinajstić information content (AvgIpc) is 3.04. The van der Waals surface area contributed by atoms with Crippen LogP contribution in [0.4, 0.5) is 13.2 Å². The number of alkyl halides is 3. The number of carbonyl (C=O) groups is 2. The summed E-state index contributed by atoms with van der Waals surface area (Å²) in [5.74, 6) is -2.55. The molecule has 1 saturated carbocycles. The summed E-state index contributed by atoms with van der Waals surface area (Å²) in [6.07, 6.45) is -0.0626. The molecule has 1 aliphatic carbocycles. The van der Waals surface area contributed by atoms with Crippen LogP contribution in [-0.2, 0) is 9.59 Å². The molecule has 1 saturated heterocycles. The van der Waals surface area contributed by atoms with Gasteiger partial charge in [0.15, 0.2) is 0 Å². The monoisotopic (exact) mass is 306 g/mol. The van der Waals surface area contributed by atoms with Crippen molar-refractivity contribution in [3.05, 3.63) is 0 Å². The van der Waals surface area contributed by atoms with Gasteiger partial charge in [0.2, 0.25) is 5.91 Å². The molecule has 2 fully saturated rings. The van der Waals surface area contributed by atoms with Crippen molar-refractivity contribution in [2.45, 2.75) is 63.7 Å². The maximum Gasteiger partial charge on any atom is 0.471 e. The van der Waals surface area contributed by atoms with E-state index in [-0.39, 0.29) is 17.9 Å².